The van der Waals surface area contributed by atoms with E-state index in [0.717, 1.165) is 12.8 Å². The average Bonchev–Trinajstić information content (AvgIpc) is 2.96. The molecule has 0 atom stereocenters. The molecule has 0 aromatic carbocycles. The van der Waals surface area contributed by atoms with Crippen molar-refractivity contribution in [2.75, 3.05) is 6.54 Å². The van der Waals surface area contributed by atoms with Crippen LogP contribution in [0.25, 0.3) is 0 Å². The molecule has 0 aromatic heterocycles. The average molecular weight is 226 g/mol. The summed E-state index contributed by atoms with van der Waals surface area (Å²) < 4.78 is 0. The van der Waals surface area contributed by atoms with Gasteiger partial charge in [0, 0.05) is 12.6 Å². The van der Waals surface area contributed by atoms with Crippen molar-refractivity contribution in [2.24, 2.45) is 0 Å². The molecular weight excluding hydrogens is 208 g/mol. The highest BCUT2D eigenvalue weighted by atomic mass is 16.4. The highest BCUT2D eigenvalue weighted by molar-refractivity contribution is 5.85. The van der Waals surface area contributed by atoms with Gasteiger partial charge in [-0.15, -0.1) is 6.58 Å². The third-order valence-corrected chi connectivity index (χ3v) is 2.53. The lowest BCUT2D eigenvalue weighted by Crippen LogP contribution is -2.54. The Hall–Kier alpha value is -1.52. The van der Waals surface area contributed by atoms with Gasteiger partial charge in [-0.05, 0) is 26.7 Å². The van der Waals surface area contributed by atoms with Gasteiger partial charge >= 0.3 is 12.0 Å². The summed E-state index contributed by atoms with van der Waals surface area (Å²) in [6.45, 7) is 6.97. The molecule has 2 amide bonds. The number of rotatable bonds is 5. The van der Waals surface area contributed by atoms with Crippen LogP contribution in [0.3, 0.4) is 0 Å². The van der Waals surface area contributed by atoms with E-state index in [9.17, 15) is 9.59 Å². The maximum absolute atomic E-state index is 11.8. The smallest absolute Gasteiger partial charge is 0.328 e. The normalized spacial score (nSPS) is 15.4. The number of carbonyl (C=O) groups is 2. The van der Waals surface area contributed by atoms with Crippen LogP contribution in [-0.2, 0) is 4.79 Å². The molecule has 0 saturated heterocycles. The zero-order valence-corrected chi connectivity index (χ0v) is 9.69. The SMILES string of the molecule is C=CCN(C(=O)NC(C)(C)C(=O)O)C1CC1. The summed E-state index contributed by atoms with van der Waals surface area (Å²) in [6.07, 6.45) is 3.61. The monoisotopic (exact) mass is 226 g/mol. The van der Waals surface area contributed by atoms with Gasteiger partial charge in [0.05, 0.1) is 0 Å². The Balaban J connectivity index is 2.61. The molecule has 90 valence electrons. The van der Waals surface area contributed by atoms with E-state index in [-0.39, 0.29) is 12.1 Å². The molecule has 1 saturated carbocycles. The first-order valence-electron chi connectivity index (χ1n) is 5.31. The Morgan fingerprint density at radius 2 is 2.12 bits per heavy atom. The van der Waals surface area contributed by atoms with Crippen LogP contribution < -0.4 is 5.32 Å². The van der Waals surface area contributed by atoms with Crippen LogP contribution in [0.4, 0.5) is 4.79 Å². The maximum atomic E-state index is 11.8. The molecule has 0 unspecified atom stereocenters. The third kappa shape index (κ3) is 2.98. The Kier molecular flexibility index (Phi) is 3.57. The number of amides is 2. The first kappa shape index (κ1) is 12.5. The highest BCUT2D eigenvalue weighted by Crippen LogP contribution is 2.26. The molecule has 0 aromatic rings. The van der Waals surface area contributed by atoms with E-state index in [0.29, 0.717) is 6.54 Å². The van der Waals surface area contributed by atoms with Gasteiger partial charge in [-0.2, -0.15) is 0 Å². The number of aliphatic carboxylic acids is 1. The van der Waals surface area contributed by atoms with Gasteiger partial charge in [0.1, 0.15) is 5.54 Å². The number of urea groups is 1. The number of hydrogen-bond donors (Lipinski definition) is 2. The summed E-state index contributed by atoms with van der Waals surface area (Å²) in [5.74, 6) is -1.05. The van der Waals surface area contributed by atoms with Gasteiger partial charge < -0.3 is 15.3 Å². The Bertz CT molecular complexity index is 308. The summed E-state index contributed by atoms with van der Waals surface area (Å²) >= 11 is 0. The van der Waals surface area contributed by atoms with E-state index in [2.05, 4.69) is 11.9 Å². The lowest BCUT2D eigenvalue weighted by molar-refractivity contribution is -0.143. The van der Waals surface area contributed by atoms with Crippen molar-refractivity contribution in [1.82, 2.24) is 10.2 Å². The summed E-state index contributed by atoms with van der Waals surface area (Å²) in [6, 6.07) is -0.0996. The summed E-state index contributed by atoms with van der Waals surface area (Å²) in [5, 5.41) is 11.4. The number of nitrogens with zero attached hydrogens (tertiary/aromatic N) is 1. The van der Waals surface area contributed by atoms with Crippen molar-refractivity contribution < 1.29 is 14.7 Å². The Labute approximate surface area is 95.1 Å². The molecule has 0 bridgehead atoms. The minimum Gasteiger partial charge on any atom is -0.480 e. The maximum Gasteiger partial charge on any atom is 0.328 e. The number of carbonyl (C=O) groups excluding carboxylic acids is 1. The first-order chi connectivity index (χ1) is 7.38. The molecule has 0 heterocycles. The van der Waals surface area contributed by atoms with Crippen molar-refractivity contribution in [3.05, 3.63) is 12.7 Å². The van der Waals surface area contributed by atoms with Crippen molar-refractivity contribution in [1.29, 1.82) is 0 Å². The van der Waals surface area contributed by atoms with E-state index < -0.39 is 11.5 Å². The second-order valence-electron chi connectivity index (χ2n) is 4.53. The predicted molar refractivity (Wildman–Crippen MR) is 60.2 cm³/mol. The fraction of sp³-hybridized carbons (Fsp3) is 0.636. The van der Waals surface area contributed by atoms with Gasteiger partial charge in [0.2, 0.25) is 0 Å². The lowest BCUT2D eigenvalue weighted by Gasteiger charge is -2.27. The number of nitrogens with one attached hydrogen (secondary N) is 1. The fourth-order valence-electron chi connectivity index (χ4n) is 1.32. The van der Waals surface area contributed by atoms with Crippen molar-refractivity contribution in [3.8, 4) is 0 Å². The molecule has 16 heavy (non-hydrogen) atoms. The fourth-order valence-corrected chi connectivity index (χ4v) is 1.32. The van der Waals surface area contributed by atoms with E-state index >= 15 is 0 Å². The van der Waals surface area contributed by atoms with E-state index in [1.54, 1.807) is 11.0 Å². The molecule has 0 radical (unpaired) electrons. The second-order valence-corrected chi connectivity index (χ2v) is 4.53. The van der Waals surface area contributed by atoms with Crippen LogP contribution in [0.1, 0.15) is 26.7 Å². The van der Waals surface area contributed by atoms with Gasteiger partial charge in [-0.1, -0.05) is 6.08 Å². The van der Waals surface area contributed by atoms with Crippen molar-refractivity contribution in [2.45, 2.75) is 38.3 Å². The molecule has 5 heteroatoms. The molecule has 0 aliphatic heterocycles. The molecule has 1 fully saturated rings. The Morgan fingerprint density at radius 3 is 2.50 bits per heavy atom. The zero-order valence-electron chi connectivity index (χ0n) is 9.69. The van der Waals surface area contributed by atoms with Crippen molar-refractivity contribution >= 4 is 12.0 Å². The molecule has 1 rings (SSSR count). The van der Waals surface area contributed by atoms with Crippen LogP contribution in [0.15, 0.2) is 12.7 Å². The number of carboxylic acids is 1. The molecule has 0 spiro atoms. The summed E-state index contributed by atoms with van der Waals surface area (Å²) in [4.78, 5) is 24.3. The molecule has 1 aliphatic rings. The quantitative estimate of drug-likeness (QED) is 0.692. The molecule has 5 nitrogen and oxygen atoms in total. The van der Waals surface area contributed by atoms with E-state index in [1.807, 2.05) is 0 Å². The van der Waals surface area contributed by atoms with Gasteiger partial charge in [0.25, 0.3) is 0 Å². The topological polar surface area (TPSA) is 69.6 Å². The van der Waals surface area contributed by atoms with Gasteiger partial charge in [-0.3, -0.25) is 0 Å². The molecule has 1 aliphatic carbocycles. The first-order valence-corrected chi connectivity index (χ1v) is 5.31. The Morgan fingerprint density at radius 1 is 1.56 bits per heavy atom. The minimum atomic E-state index is -1.24. The standard InChI is InChI=1S/C11H18N2O3/c1-4-7-13(8-5-6-8)10(16)12-11(2,3)9(14)15/h4,8H,1,5-7H2,2-3H3,(H,12,16)(H,14,15). The van der Waals surface area contributed by atoms with E-state index in [4.69, 9.17) is 5.11 Å². The number of carboxylic acid groups (broad SMARTS) is 1. The largest absolute Gasteiger partial charge is 0.480 e. The lowest BCUT2D eigenvalue weighted by atomic mass is 10.1. The van der Waals surface area contributed by atoms with Crippen molar-refractivity contribution in [3.63, 3.8) is 0 Å². The van der Waals surface area contributed by atoms with Crippen LogP contribution in [0.5, 0.6) is 0 Å². The third-order valence-electron chi connectivity index (χ3n) is 2.53. The van der Waals surface area contributed by atoms with E-state index in [1.165, 1.54) is 13.8 Å². The van der Waals surface area contributed by atoms with Gasteiger partial charge in [0.15, 0.2) is 0 Å². The summed E-state index contributed by atoms with van der Waals surface area (Å²) in [5.41, 5.74) is -1.24. The number of hydrogen-bond acceptors (Lipinski definition) is 2. The van der Waals surface area contributed by atoms with Crippen LogP contribution in [0.2, 0.25) is 0 Å². The van der Waals surface area contributed by atoms with Crippen LogP contribution >= 0.6 is 0 Å². The van der Waals surface area contributed by atoms with Crippen LogP contribution in [-0.4, -0.2) is 40.1 Å². The van der Waals surface area contributed by atoms with Gasteiger partial charge in [-0.25, -0.2) is 9.59 Å². The molecule has 2 N–H and O–H groups in total. The second kappa shape index (κ2) is 4.55. The predicted octanol–water partition coefficient (Wildman–Crippen LogP) is 1.21. The minimum absolute atomic E-state index is 0.239. The molecular formula is C11H18N2O3. The summed E-state index contributed by atoms with van der Waals surface area (Å²) in [7, 11) is 0. The zero-order chi connectivity index (χ0) is 12.3. The highest BCUT2D eigenvalue weighted by Gasteiger charge is 2.36. The van der Waals surface area contributed by atoms with Crippen LogP contribution in [0, 0.1) is 0 Å².